The van der Waals surface area contributed by atoms with Crippen molar-refractivity contribution in [3.8, 4) is 0 Å². The minimum Gasteiger partial charge on any atom is -0.332 e. The molecule has 0 spiro atoms. The fraction of sp³-hybridized carbons (Fsp3) is 0.812. The van der Waals surface area contributed by atoms with Crippen LogP contribution >= 0.6 is 0 Å². The van der Waals surface area contributed by atoms with Crippen molar-refractivity contribution in [3.63, 3.8) is 0 Å². The first-order valence-electron chi connectivity index (χ1n) is 8.32. The van der Waals surface area contributed by atoms with Gasteiger partial charge in [0.1, 0.15) is 0 Å². The summed E-state index contributed by atoms with van der Waals surface area (Å²) in [6.45, 7) is 7.13. The standard InChI is InChI=1S/C16H28N4/c1-14(19-9-5-2-6-10-19)12-20-13-17-11-16(20)15-7-3-4-8-18-15/h11,13-15,18H,2-10,12H2,1H3. The van der Waals surface area contributed by atoms with Crippen molar-refractivity contribution < 1.29 is 0 Å². The molecule has 0 bridgehead atoms. The Balaban J connectivity index is 1.63. The third kappa shape index (κ3) is 3.23. The number of rotatable bonds is 4. The Morgan fingerprint density at radius 3 is 2.85 bits per heavy atom. The van der Waals surface area contributed by atoms with Gasteiger partial charge < -0.3 is 9.88 Å². The van der Waals surface area contributed by atoms with Crippen molar-refractivity contribution in [1.82, 2.24) is 19.8 Å². The molecule has 4 heteroatoms. The van der Waals surface area contributed by atoms with Crippen LogP contribution < -0.4 is 5.32 Å². The van der Waals surface area contributed by atoms with E-state index in [1.54, 1.807) is 0 Å². The first-order valence-corrected chi connectivity index (χ1v) is 8.32. The summed E-state index contributed by atoms with van der Waals surface area (Å²) in [4.78, 5) is 7.04. The molecule has 4 nitrogen and oxygen atoms in total. The Hall–Kier alpha value is -0.870. The Morgan fingerprint density at radius 2 is 2.10 bits per heavy atom. The minimum absolute atomic E-state index is 0.514. The van der Waals surface area contributed by atoms with Gasteiger partial charge in [-0.05, 0) is 52.2 Å². The van der Waals surface area contributed by atoms with Gasteiger partial charge in [-0.25, -0.2) is 4.98 Å². The molecule has 112 valence electrons. The van der Waals surface area contributed by atoms with E-state index in [0.29, 0.717) is 12.1 Å². The van der Waals surface area contributed by atoms with Gasteiger partial charge in [0.15, 0.2) is 0 Å². The smallest absolute Gasteiger partial charge is 0.0949 e. The molecule has 0 aliphatic carbocycles. The topological polar surface area (TPSA) is 33.1 Å². The van der Waals surface area contributed by atoms with Crippen LogP contribution in [0.25, 0.3) is 0 Å². The Bertz CT molecular complexity index is 402. The predicted molar refractivity (Wildman–Crippen MR) is 81.7 cm³/mol. The largest absolute Gasteiger partial charge is 0.332 e. The van der Waals surface area contributed by atoms with E-state index in [2.05, 4.69) is 32.9 Å². The van der Waals surface area contributed by atoms with E-state index in [4.69, 9.17) is 0 Å². The summed E-state index contributed by atoms with van der Waals surface area (Å²) < 4.78 is 2.38. The number of hydrogen-bond donors (Lipinski definition) is 1. The summed E-state index contributed by atoms with van der Waals surface area (Å²) in [5, 5.41) is 3.64. The number of imidazole rings is 1. The van der Waals surface area contributed by atoms with Gasteiger partial charge in [-0.2, -0.15) is 0 Å². The van der Waals surface area contributed by atoms with Crippen LogP contribution in [0.1, 0.15) is 57.2 Å². The Kier molecular flexibility index (Phi) is 4.73. The number of nitrogens with one attached hydrogen (secondary N) is 1. The van der Waals surface area contributed by atoms with Crippen LogP contribution in [0, 0.1) is 0 Å². The van der Waals surface area contributed by atoms with Gasteiger partial charge in [0, 0.05) is 24.8 Å². The van der Waals surface area contributed by atoms with E-state index in [9.17, 15) is 0 Å². The molecule has 1 aromatic heterocycles. The average molecular weight is 276 g/mol. The van der Waals surface area contributed by atoms with E-state index in [-0.39, 0.29) is 0 Å². The SMILES string of the molecule is CC(Cn1cncc1C1CCCCN1)N1CCCCC1. The van der Waals surface area contributed by atoms with E-state index in [0.717, 1.165) is 13.1 Å². The molecule has 1 aromatic rings. The van der Waals surface area contributed by atoms with Crippen molar-refractivity contribution in [1.29, 1.82) is 0 Å². The highest BCUT2D eigenvalue weighted by Crippen LogP contribution is 2.23. The molecule has 2 atom stereocenters. The molecular weight excluding hydrogens is 248 g/mol. The van der Waals surface area contributed by atoms with Gasteiger partial charge in [0.25, 0.3) is 0 Å². The quantitative estimate of drug-likeness (QED) is 0.917. The van der Waals surface area contributed by atoms with Gasteiger partial charge in [0.05, 0.1) is 12.0 Å². The van der Waals surface area contributed by atoms with Crippen LogP contribution in [-0.2, 0) is 6.54 Å². The van der Waals surface area contributed by atoms with Crippen LogP contribution in [0.15, 0.2) is 12.5 Å². The first-order chi connectivity index (χ1) is 9.84. The first kappa shape index (κ1) is 14.1. The summed E-state index contributed by atoms with van der Waals surface area (Å²) >= 11 is 0. The summed E-state index contributed by atoms with van der Waals surface area (Å²) in [5.41, 5.74) is 1.38. The molecule has 2 aliphatic rings. The second-order valence-electron chi connectivity index (χ2n) is 6.42. The highest BCUT2D eigenvalue weighted by Gasteiger charge is 2.21. The summed E-state index contributed by atoms with van der Waals surface area (Å²) in [6.07, 6.45) is 12.1. The lowest BCUT2D eigenvalue weighted by molar-refractivity contribution is 0.158. The third-order valence-electron chi connectivity index (χ3n) is 4.89. The van der Waals surface area contributed by atoms with Gasteiger partial charge in [-0.1, -0.05) is 12.8 Å². The minimum atomic E-state index is 0.514. The van der Waals surface area contributed by atoms with Crippen LogP contribution in [-0.4, -0.2) is 40.1 Å². The van der Waals surface area contributed by atoms with Gasteiger partial charge in [-0.3, -0.25) is 4.90 Å². The lowest BCUT2D eigenvalue weighted by atomic mass is 10.0. The molecule has 1 N–H and O–H groups in total. The number of piperidine rings is 2. The fourth-order valence-corrected chi connectivity index (χ4v) is 3.64. The summed E-state index contributed by atoms with van der Waals surface area (Å²) in [7, 11) is 0. The lowest BCUT2D eigenvalue weighted by Crippen LogP contribution is -2.40. The molecule has 0 saturated carbocycles. The summed E-state index contributed by atoms with van der Waals surface area (Å²) in [6, 6.07) is 1.13. The lowest BCUT2D eigenvalue weighted by Gasteiger charge is -2.33. The number of nitrogens with zero attached hydrogens (tertiary/aromatic N) is 3. The van der Waals surface area contributed by atoms with Crippen molar-refractivity contribution >= 4 is 0 Å². The molecule has 20 heavy (non-hydrogen) atoms. The predicted octanol–water partition coefficient (Wildman–Crippen LogP) is 2.57. The normalized spacial score (nSPS) is 26.6. The number of hydrogen-bond acceptors (Lipinski definition) is 3. The second-order valence-corrected chi connectivity index (χ2v) is 6.42. The fourth-order valence-electron chi connectivity index (χ4n) is 3.64. The van der Waals surface area contributed by atoms with Crippen LogP contribution in [0.2, 0.25) is 0 Å². The Morgan fingerprint density at radius 1 is 1.25 bits per heavy atom. The van der Waals surface area contributed by atoms with Crippen LogP contribution in [0.4, 0.5) is 0 Å². The molecule has 3 heterocycles. The van der Waals surface area contributed by atoms with Crippen LogP contribution in [0.5, 0.6) is 0 Å². The molecule has 2 aliphatic heterocycles. The molecule has 2 unspecified atom stereocenters. The molecule has 3 rings (SSSR count). The van der Waals surface area contributed by atoms with Crippen molar-refractivity contribution in [2.24, 2.45) is 0 Å². The van der Waals surface area contributed by atoms with Crippen molar-refractivity contribution in [2.45, 2.75) is 64.1 Å². The van der Waals surface area contributed by atoms with Gasteiger partial charge in [0.2, 0.25) is 0 Å². The number of aromatic nitrogens is 2. The summed E-state index contributed by atoms with van der Waals surface area (Å²) in [5.74, 6) is 0. The molecular formula is C16H28N4. The van der Waals surface area contributed by atoms with Crippen molar-refractivity contribution in [2.75, 3.05) is 19.6 Å². The monoisotopic (exact) mass is 276 g/mol. The Labute approximate surface area is 122 Å². The zero-order chi connectivity index (χ0) is 13.8. The maximum absolute atomic E-state index is 4.40. The molecule has 0 aromatic carbocycles. The molecule has 0 radical (unpaired) electrons. The highest BCUT2D eigenvalue weighted by molar-refractivity contribution is 5.06. The number of likely N-dealkylation sites (tertiary alicyclic amines) is 1. The van der Waals surface area contributed by atoms with Crippen LogP contribution in [0.3, 0.4) is 0 Å². The van der Waals surface area contributed by atoms with E-state index in [1.165, 1.54) is 57.3 Å². The second kappa shape index (κ2) is 6.72. The van der Waals surface area contributed by atoms with Crippen molar-refractivity contribution in [3.05, 3.63) is 18.2 Å². The third-order valence-corrected chi connectivity index (χ3v) is 4.89. The van der Waals surface area contributed by atoms with Gasteiger partial charge >= 0.3 is 0 Å². The zero-order valence-electron chi connectivity index (χ0n) is 12.7. The average Bonchev–Trinajstić information content (AvgIpc) is 2.97. The van der Waals surface area contributed by atoms with E-state index in [1.807, 2.05) is 6.33 Å². The maximum atomic E-state index is 4.40. The molecule has 0 amide bonds. The molecule has 2 saturated heterocycles. The van der Waals surface area contributed by atoms with Gasteiger partial charge in [-0.15, -0.1) is 0 Å². The molecule has 2 fully saturated rings. The van der Waals surface area contributed by atoms with E-state index < -0.39 is 0 Å². The maximum Gasteiger partial charge on any atom is 0.0949 e. The van der Waals surface area contributed by atoms with E-state index >= 15 is 0 Å². The zero-order valence-corrected chi connectivity index (χ0v) is 12.7. The highest BCUT2D eigenvalue weighted by atomic mass is 15.2.